The van der Waals surface area contributed by atoms with Crippen molar-refractivity contribution in [3.8, 4) is 11.5 Å². The third-order valence-corrected chi connectivity index (χ3v) is 4.81. The molecule has 3 rings (SSSR count). The predicted molar refractivity (Wildman–Crippen MR) is 124 cm³/mol. The van der Waals surface area contributed by atoms with Gasteiger partial charge in [-0.15, -0.1) is 0 Å². The van der Waals surface area contributed by atoms with Crippen LogP contribution in [-0.4, -0.2) is 25.3 Å². The van der Waals surface area contributed by atoms with Gasteiger partial charge in [-0.2, -0.15) is 5.10 Å². The average molecular weight is 437 g/mol. The SMILES string of the molecule is Cc1cccc(C)c1OCCCOc1ccccc1C=NNC(=O)c1cccc(Cl)c1. The van der Waals surface area contributed by atoms with Gasteiger partial charge in [-0.25, -0.2) is 5.43 Å². The first-order valence-electron chi connectivity index (χ1n) is 10.0. The third-order valence-electron chi connectivity index (χ3n) is 4.58. The van der Waals surface area contributed by atoms with Crippen molar-refractivity contribution in [1.29, 1.82) is 0 Å². The predicted octanol–water partition coefficient (Wildman–Crippen LogP) is 5.57. The second kappa shape index (κ2) is 11.2. The van der Waals surface area contributed by atoms with Gasteiger partial charge in [0, 0.05) is 22.6 Å². The lowest BCUT2D eigenvalue weighted by Gasteiger charge is -2.13. The van der Waals surface area contributed by atoms with Gasteiger partial charge in [0.25, 0.3) is 5.91 Å². The number of nitrogens with zero attached hydrogens (tertiary/aromatic N) is 1. The number of carbonyl (C=O) groups excluding carboxylic acids is 1. The second-order valence-corrected chi connectivity index (χ2v) is 7.46. The molecule has 160 valence electrons. The molecular formula is C25H25ClN2O3. The first kappa shape index (κ1) is 22.4. The molecule has 0 atom stereocenters. The molecule has 3 aromatic carbocycles. The maximum Gasteiger partial charge on any atom is 0.271 e. The van der Waals surface area contributed by atoms with Crippen LogP contribution >= 0.6 is 11.6 Å². The zero-order valence-electron chi connectivity index (χ0n) is 17.6. The molecule has 0 bridgehead atoms. The third kappa shape index (κ3) is 6.59. The number of carbonyl (C=O) groups is 1. The van der Waals surface area contributed by atoms with Gasteiger partial charge in [0.15, 0.2) is 0 Å². The lowest BCUT2D eigenvalue weighted by atomic mass is 10.1. The van der Waals surface area contributed by atoms with Crippen molar-refractivity contribution in [3.05, 3.63) is 94.0 Å². The minimum Gasteiger partial charge on any atom is -0.493 e. The Balaban J connectivity index is 1.49. The number of nitrogens with one attached hydrogen (secondary N) is 1. The normalized spacial score (nSPS) is 10.8. The molecule has 0 heterocycles. The van der Waals surface area contributed by atoms with Crippen LogP contribution in [0.2, 0.25) is 5.02 Å². The molecule has 1 amide bonds. The molecule has 3 aromatic rings. The fourth-order valence-electron chi connectivity index (χ4n) is 3.02. The van der Waals surface area contributed by atoms with Gasteiger partial charge in [-0.1, -0.05) is 48.0 Å². The minimum atomic E-state index is -0.333. The van der Waals surface area contributed by atoms with Crippen molar-refractivity contribution in [1.82, 2.24) is 5.43 Å². The van der Waals surface area contributed by atoms with Crippen LogP contribution in [0.5, 0.6) is 11.5 Å². The van der Waals surface area contributed by atoms with Crippen LogP contribution < -0.4 is 14.9 Å². The Morgan fingerprint density at radius 1 is 0.968 bits per heavy atom. The molecule has 0 spiro atoms. The Morgan fingerprint density at radius 2 is 1.68 bits per heavy atom. The summed E-state index contributed by atoms with van der Waals surface area (Å²) >= 11 is 5.92. The van der Waals surface area contributed by atoms with E-state index in [1.54, 1.807) is 30.5 Å². The van der Waals surface area contributed by atoms with E-state index < -0.39 is 0 Å². The number of rotatable bonds is 9. The maximum absolute atomic E-state index is 12.2. The van der Waals surface area contributed by atoms with E-state index >= 15 is 0 Å². The first-order chi connectivity index (χ1) is 15.0. The summed E-state index contributed by atoms with van der Waals surface area (Å²) in [6.45, 7) is 5.15. The number of aryl methyl sites for hydroxylation is 2. The van der Waals surface area contributed by atoms with Gasteiger partial charge in [0.2, 0.25) is 0 Å². The van der Waals surface area contributed by atoms with E-state index in [2.05, 4.69) is 10.5 Å². The Hall–Kier alpha value is -3.31. The molecule has 31 heavy (non-hydrogen) atoms. The number of hydrogen-bond donors (Lipinski definition) is 1. The molecule has 0 radical (unpaired) electrons. The highest BCUT2D eigenvalue weighted by Gasteiger charge is 2.06. The van der Waals surface area contributed by atoms with E-state index in [-0.39, 0.29) is 5.91 Å². The zero-order valence-corrected chi connectivity index (χ0v) is 18.4. The number of ether oxygens (including phenoxy) is 2. The molecule has 0 saturated carbocycles. The lowest BCUT2D eigenvalue weighted by molar-refractivity contribution is 0.0955. The number of para-hydroxylation sites is 2. The highest BCUT2D eigenvalue weighted by molar-refractivity contribution is 6.30. The number of amides is 1. The quantitative estimate of drug-likeness (QED) is 0.271. The van der Waals surface area contributed by atoms with Crippen LogP contribution in [0.25, 0.3) is 0 Å². The van der Waals surface area contributed by atoms with Crippen LogP contribution in [0.3, 0.4) is 0 Å². The molecule has 0 aromatic heterocycles. The van der Waals surface area contributed by atoms with Crippen LogP contribution in [0, 0.1) is 13.8 Å². The van der Waals surface area contributed by atoms with Gasteiger partial charge in [-0.05, 0) is 55.3 Å². The number of hydrogen-bond acceptors (Lipinski definition) is 4. The summed E-state index contributed by atoms with van der Waals surface area (Å²) in [4.78, 5) is 12.2. The highest BCUT2D eigenvalue weighted by Crippen LogP contribution is 2.22. The monoisotopic (exact) mass is 436 g/mol. The van der Waals surface area contributed by atoms with Crippen molar-refractivity contribution in [2.75, 3.05) is 13.2 Å². The van der Waals surface area contributed by atoms with Crippen molar-refractivity contribution >= 4 is 23.7 Å². The molecule has 0 aliphatic heterocycles. The average Bonchev–Trinajstić information content (AvgIpc) is 2.76. The summed E-state index contributed by atoms with van der Waals surface area (Å²) in [6.07, 6.45) is 2.30. The molecule has 0 saturated heterocycles. The smallest absolute Gasteiger partial charge is 0.271 e. The van der Waals surface area contributed by atoms with Crippen LogP contribution in [0.1, 0.15) is 33.5 Å². The fraction of sp³-hybridized carbons (Fsp3) is 0.200. The van der Waals surface area contributed by atoms with E-state index in [9.17, 15) is 4.79 Å². The minimum absolute atomic E-state index is 0.333. The van der Waals surface area contributed by atoms with Crippen molar-refractivity contribution in [2.45, 2.75) is 20.3 Å². The van der Waals surface area contributed by atoms with E-state index in [0.29, 0.717) is 29.5 Å². The topological polar surface area (TPSA) is 59.9 Å². The van der Waals surface area contributed by atoms with Crippen molar-refractivity contribution in [2.24, 2.45) is 5.10 Å². The van der Waals surface area contributed by atoms with Gasteiger partial charge in [0.05, 0.1) is 19.4 Å². The van der Waals surface area contributed by atoms with E-state index in [1.165, 1.54) is 0 Å². The largest absolute Gasteiger partial charge is 0.493 e. The summed E-state index contributed by atoms with van der Waals surface area (Å²) in [7, 11) is 0. The van der Waals surface area contributed by atoms with Gasteiger partial charge >= 0.3 is 0 Å². The first-order valence-corrected chi connectivity index (χ1v) is 10.4. The van der Waals surface area contributed by atoms with E-state index in [4.69, 9.17) is 21.1 Å². The van der Waals surface area contributed by atoms with Crippen LogP contribution in [0.4, 0.5) is 0 Å². The van der Waals surface area contributed by atoms with E-state index in [1.807, 2.05) is 56.3 Å². The van der Waals surface area contributed by atoms with Crippen molar-refractivity contribution in [3.63, 3.8) is 0 Å². The fourth-order valence-corrected chi connectivity index (χ4v) is 3.21. The highest BCUT2D eigenvalue weighted by atomic mass is 35.5. The molecular weight excluding hydrogens is 412 g/mol. The Morgan fingerprint density at radius 3 is 2.45 bits per heavy atom. The van der Waals surface area contributed by atoms with Gasteiger partial charge < -0.3 is 9.47 Å². The Bertz CT molecular complexity index is 1050. The number of benzene rings is 3. The molecule has 6 heteroatoms. The summed E-state index contributed by atoms with van der Waals surface area (Å²) in [5.41, 5.74) is 5.97. The van der Waals surface area contributed by atoms with Gasteiger partial charge in [0.1, 0.15) is 11.5 Å². The second-order valence-electron chi connectivity index (χ2n) is 7.02. The Kier molecular flexibility index (Phi) is 8.07. The molecule has 1 N–H and O–H groups in total. The molecule has 0 unspecified atom stereocenters. The molecule has 0 aliphatic rings. The number of hydrazone groups is 1. The summed E-state index contributed by atoms with van der Waals surface area (Å²) in [5, 5.41) is 4.54. The zero-order chi connectivity index (χ0) is 22.1. The van der Waals surface area contributed by atoms with Crippen LogP contribution in [0.15, 0.2) is 71.8 Å². The standard InChI is InChI=1S/C25H25ClN2O3/c1-18-8-5-9-19(2)24(18)31-15-7-14-30-23-13-4-3-10-21(23)17-27-28-25(29)20-11-6-12-22(26)16-20/h3-6,8-13,16-17H,7,14-15H2,1-2H3,(H,28,29). The Labute approximate surface area is 187 Å². The number of halogens is 1. The maximum atomic E-state index is 12.2. The van der Waals surface area contributed by atoms with Gasteiger partial charge in [-0.3, -0.25) is 4.79 Å². The summed E-state index contributed by atoms with van der Waals surface area (Å²) < 4.78 is 11.8. The van der Waals surface area contributed by atoms with E-state index in [0.717, 1.165) is 28.9 Å². The van der Waals surface area contributed by atoms with Crippen molar-refractivity contribution < 1.29 is 14.3 Å². The molecule has 5 nitrogen and oxygen atoms in total. The summed E-state index contributed by atoms with van der Waals surface area (Å²) in [5.74, 6) is 1.29. The van der Waals surface area contributed by atoms with Crippen LogP contribution in [-0.2, 0) is 0 Å². The lowest BCUT2D eigenvalue weighted by Crippen LogP contribution is -2.17. The molecule has 0 fully saturated rings. The molecule has 0 aliphatic carbocycles. The summed E-state index contributed by atoms with van der Waals surface area (Å²) in [6, 6.07) is 20.3.